The fourth-order valence-electron chi connectivity index (χ4n) is 4.63. The standard InChI is InChI=1S/C26H29FN6O4S2/c1-4-21-25(30(2)26-29-22(16-38-26)18-5-7-19(27)8-6-18)33-15-20(9-10-23(33)28-21)31-11-13-32(14-12-31)39(35,36)17-24(34)37-3/h5-10,15-16H,4,11-14,17H2,1-3H3. The Morgan fingerprint density at radius 3 is 2.49 bits per heavy atom. The second-order valence-corrected chi connectivity index (χ2v) is 12.0. The number of hydrogen-bond acceptors (Lipinski definition) is 9. The second kappa shape index (κ2) is 10.9. The summed E-state index contributed by atoms with van der Waals surface area (Å²) < 4.78 is 46.3. The normalized spacial score (nSPS) is 14.6. The van der Waals surface area contributed by atoms with Gasteiger partial charge < -0.3 is 14.5 Å². The van der Waals surface area contributed by atoms with E-state index < -0.39 is 21.7 Å². The second-order valence-electron chi connectivity index (χ2n) is 9.15. The van der Waals surface area contributed by atoms with Gasteiger partial charge in [0.05, 0.1) is 24.2 Å². The Morgan fingerprint density at radius 1 is 1.10 bits per heavy atom. The van der Waals surface area contributed by atoms with Crippen LogP contribution < -0.4 is 9.80 Å². The van der Waals surface area contributed by atoms with Crippen LogP contribution in [0.15, 0.2) is 48.0 Å². The van der Waals surface area contributed by atoms with Gasteiger partial charge in [-0.2, -0.15) is 4.31 Å². The fourth-order valence-corrected chi connectivity index (χ4v) is 6.75. The zero-order valence-electron chi connectivity index (χ0n) is 21.9. The number of aryl methyl sites for hydroxylation is 1. The van der Waals surface area contributed by atoms with Crippen molar-refractivity contribution in [1.29, 1.82) is 0 Å². The fraction of sp³-hybridized carbons (Fsp3) is 0.346. The molecule has 1 aromatic carbocycles. The van der Waals surface area contributed by atoms with Crippen molar-refractivity contribution in [3.05, 3.63) is 59.5 Å². The van der Waals surface area contributed by atoms with Crippen LogP contribution in [0.2, 0.25) is 0 Å². The quantitative estimate of drug-likeness (QED) is 0.296. The van der Waals surface area contributed by atoms with Gasteiger partial charge in [0.2, 0.25) is 10.0 Å². The summed E-state index contributed by atoms with van der Waals surface area (Å²) in [5.74, 6) is -0.811. The average molecular weight is 573 g/mol. The van der Waals surface area contributed by atoms with Crippen LogP contribution >= 0.6 is 11.3 Å². The molecule has 4 aromatic rings. The molecule has 0 N–H and O–H groups in total. The highest BCUT2D eigenvalue weighted by Crippen LogP contribution is 2.34. The average Bonchev–Trinajstić information content (AvgIpc) is 3.58. The molecule has 1 aliphatic rings. The number of aromatic nitrogens is 3. The number of thiazole rings is 1. The van der Waals surface area contributed by atoms with Crippen molar-refractivity contribution >= 4 is 49.6 Å². The number of sulfonamides is 1. The SMILES string of the molecule is CCc1nc2ccc(N3CCN(S(=O)(=O)CC(=O)OC)CC3)cn2c1N(C)c1nc(-c2ccc(F)cc2)cs1. The Hall–Kier alpha value is -3.55. The number of rotatable bonds is 8. The lowest BCUT2D eigenvalue weighted by Crippen LogP contribution is -2.50. The number of carbonyl (C=O) groups excluding carboxylic acids is 1. The number of imidazole rings is 1. The van der Waals surface area contributed by atoms with Crippen LogP contribution in [0.4, 0.5) is 21.0 Å². The summed E-state index contributed by atoms with van der Waals surface area (Å²) in [6, 6.07) is 10.2. The number of nitrogens with zero attached hydrogens (tertiary/aromatic N) is 6. The third kappa shape index (κ3) is 5.47. The molecule has 0 amide bonds. The first kappa shape index (κ1) is 27.0. The van der Waals surface area contributed by atoms with E-state index in [9.17, 15) is 17.6 Å². The lowest BCUT2D eigenvalue weighted by atomic mass is 10.2. The number of ether oxygens (including phenoxy) is 1. The highest BCUT2D eigenvalue weighted by molar-refractivity contribution is 7.89. The minimum absolute atomic E-state index is 0.277. The molecular formula is C26H29FN6O4S2. The van der Waals surface area contributed by atoms with E-state index in [1.807, 2.05) is 40.1 Å². The predicted octanol–water partition coefficient (Wildman–Crippen LogP) is 3.55. The lowest BCUT2D eigenvalue weighted by Gasteiger charge is -2.35. The monoisotopic (exact) mass is 572 g/mol. The number of esters is 1. The third-order valence-electron chi connectivity index (χ3n) is 6.74. The minimum Gasteiger partial charge on any atom is -0.468 e. The highest BCUT2D eigenvalue weighted by atomic mass is 32.2. The zero-order valence-corrected chi connectivity index (χ0v) is 23.5. The number of hydrogen-bond donors (Lipinski definition) is 0. The molecule has 5 rings (SSSR count). The number of carbonyl (C=O) groups is 1. The summed E-state index contributed by atoms with van der Waals surface area (Å²) in [5.41, 5.74) is 4.28. The molecule has 0 radical (unpaired) electrons. The molecule has 0 atom stereocenters. The van der Waals surface area contributed by atoms with Crippen LogP contribution in [-0.4, -0.2) is 79.2 Å². The zero-order chi connectivity index (χ0) is 27.7. The summed E-state index contributed by atoms with van der Waals surface area (Å²) in [7, 11) is -0.589. The van der Waals surface area contributed by atoms with Gasteiger partial charge in [-0.25, -0.2) is 22.8 Å². The van der Waals surface area contributed by atoms with Crippen LogP contribution in [0, 0.1) is 5.82 Å². The maximum absolute atomic E-state index is 13.4. The predicted molar refractivity (Wildman–Crippen MR) is 150 cm³/mol. The Morgan fingerprint density at radius 2 is 1.82 bits per heavy atom. The number of pyridine rings is 1. The molecule has 10 nitrogen and oxygen atoms in total. The Kier molecular flexibility index (Phi) is 7.56. The molecule has 1 saturated heterocycles. The Balaban J connectivity index is 1.39. The number of anilines is 3. The third-order valence-corrected chi connectivity index (χ3v) is 9.41. The topological polar surface area (TPSA) is 100 Å². The molecule has 39 heavy (non-hydrogen) atoms. The largest absolute Gasteiger partial charge is 0.468 e. The van der Waals surface area contributed by atoms with E-state index in [-0.39, 0.29) is 18.9 Å². The van der Waals surface area contributed by atoms with Crippen molar-refractivity contribution in [2.24, 2.45) is 0 Å². The first-order valence-corrected chi connectivity index (χ1v) is 14.9. The maximum Gasteiger partial charge on any atom is 0.322 e. The van der Waals surface area contributed by atoms with Gasteiger partial charge in [0, 0.05) is 50.4 Å². The van der Waals surface area contributed by atoms with Gasteiger partial charge in [-0.3, -0.25) is 9.20 Å². The Bertz CT molecular complexity index is 1590. The first-order chi connectivity index (χ1) is 18.7. The number of benzene rings is 1. The number of fused-ring (bicyclic) bond motifs is 1. The summed E-state index contributed by atoms with van der Waals surface area (Å²) in [6.07, 6.45) is 2.74. The molecule has 0 aliphatic carbocycles. The highest BCUT2D eigenvalue weighted by Gasteiger charge is 2.30. The molecule has 0 unspecified atom stereocenters. The van der Waals surface area contributed by atoms with Crippen molar-refractivity contribution in [3.8, 4) is 11.3 Å². The maximum atomic E-state index is 13.4. The van der Waals surface area contributed by atoms with Crippen molar-refractivity contribution in [2.45, 2.75) is 13.3 Å². The number of halogens is 1. The molecule has 3 aromatic heterocycles. The van der Waals surface area contributed by atoms with E-state index in [0.29, 0.717) is 13.1 Å². The molecule has 0 saturated carbocycles. The molecule has 206 valence electrons. The number of methoxy groups -OCH3 is 1. The smallest absolute Gasteiger partial charge is 0.322 e. The van der Waals surface area contributed by atoms with E-state index in [1.54, 1.807) is 12.1 Å². The molecule has 1 fully saturated rings. The van der Waals surface area contributed by atoms with E-state index in [4.69, 9.17) is 9.97 Å². The van der Waals surface area contributed by atoms with Gasteiger partial charge in [0.15, 0.2) is 10.9 Å². The lowest BCUT2D eigenvalue weighted by molar-refractivity contribution is -0.137. The van der Waals surface area contributed by atoms with E-state index in [2.05, 4.69) is 16.6 Å². The van der Waals surface area contributed by atoms with Gasteiger partial charge in [0.25, 0.3) is 0 Å². The number of piperazine rings is 1. The van der Waals surface area contributed by atoms with Crippen LogP contribution in [-0.2, 0) is 26.0 Å². The van der Waals surface area contributed by atoms with Crippen molar-refractivity contribution in [2.75, 3.05) is 55.9 Å². The van der Waals surface area contributed by atoms with Crippen LogP contribution in [0.25, 0.3) is 16.9 Å². The van der Waals surface area contributed by atoms with Crippen LogP contribution in [0.1, 0.15) is 12.6 Å². The van der Waals surface area contributed by atoms with Crippen molar-refractivity contribution in [3.63, 3.8) is 0 Å². The summed E-state index contributed by atoms with van der Waals surface area (Å²) >= 11 is 1.50. The van der Waals surface area contributed by atoms with Gasteiger partial charge >= 0.3 is 5.97 Å². The molecule has 1 aliphatic heterocycles. The minimum atomic E-state index is -3.72. The van der Waals surface area contributed by atoms with E-state index in [1.165, 1.54) is 34.9 Å². The first-order valence-electron chi connectivity index (χ1n) is 12.5. The summed E-state index contributed by atoms with van der Waals surface area (Å²) in [6.45, 7) is 3.58. The van der Waals surface area contributed by atoms with E-state index in [0.717, 1.165) is 45.7 Å². The molecule has 13 heteroatoms. The molecular weight excluding hydrogens is 543 g/mol. The summed E-state index contributed by atoms with van der Waals surface area (Å²) in [5, 5.41) is 2.73. The molecule has 0 spiro atoms. The van der Waals surface area contributed by atoms with Crippen molar-refractivity contribution < 1.29 is 22.3 Å². The molecule has 4 heterocycles. The van der Waals surface area contributed by atoms with E-state index >= 15 is 0 Å². The summed E-state index contributed by atoms with van der Waals surface area (Å²) in [4.78, 5) is 25.3. The Labute approximate surface area is 230 Å². The van der Waals surface area contributed by atoms with Crippen LogP contribution in [0.5, 0.6) is 0 Å². The van der Waals surface area contributed by atoms with Crippen LogP contribution in [0.3, 0.4) is 0 Å². The molecule has 0 bridgehead atoms. The van der Waals surface area contributed by atoms with Gasteiger partial charge in [-0.05, 0) is 42.8 Å². The van der Waals surface area contributed by atoms with Gasteiger partial charge in [-0.1, -0.05) is 6.92 Å². The van der Waals surface area contributed by atoms with Crippen molar-refractivity contribution in [1.82, 2.24) is 18.7 Å². The van der Waals surface area contributed by atoms with Gasteiger partial charge in [-0.15, -0.1) is 11.3 Å². The van der Waals surface area contributed by atoms with Gasteiger partial charge in [0.1, 0.15) is 17.3 Å².